The van der Waals surface area contributed by atoms with E-state index in [4.69, 9.17) is 9.47 Å². The molecule has 2 aliphatic rings. The summed E-state index contributed by atoms with van der Waals surface area (Å²) >= 11 is 1.54. The van der Waals surface area contributed by atoms with E-state index >= 15 is 0 Å². The van der Waals surface area contributed by atoms with Gasteiger partial charge in [0.25, 0.3) is 5.91 Å². The first-order chi connectivity index (χ1) is 13.2. The Labute approximate surface area is 162 Å². The van der Waals surface area contributed by atoms with Gasteiger partial charge in [0.05, 0.1) is 5.56 Å². The van der Waals surface area contributed by atoms with E-state index in [1.165, 1.54) is 29.1 Å². The smallest absolute Gasteiger partial charge is 0.270 e. The van der Waals surface area contributed by atoms with Gasteiger partial charge in [-0.3, -0.25) is 4.79 Å². The number of para-hydroxylation sites is 2. The molecule has 27 heavy (non-hydrogen) atoms. The maximum atomic E-state index is 12.9. The Morgan fingerprint density at radius 1 is 1.15 bits per heavy atom. The molecular weight excluding hydrogens is 360 g/mol. The monoisotopic (exact) mass is 382 g/mol. The van der Waals surface area contributed by atoms with Crippen LogP contribution in [0.3, 0.4) is 0 Å². The van der Waals surface area contributed by atoms with Gasteiger partial charge < -0.3 is 14.8 Å². The Morgan fingerprint density at radius 3 is 2.59 bits per heavy atom. The third-order valence-electron chi connectivity index (χ3n) is 5.12. The summed E-state index contributed by atoms with van der Waals surface area (Å²) in [7, 11) is 0. The molecule has 0 fully saturated rings. The number of carbonyl (C=O) groups excluding carboxylic acids is 1. The summed E-state index contributed by atoms with van der Waals surface area (Å²) in [4.78, 5) is 14.1. The number of rotatable bonds is 2. The molecule has 0 radical (unpaired) electrons. The molecule has 1 aromatic carbocycles. The maximum Gasteiger partial charge on any atom is 0.270 e. The van der Waals surface area contributed by atoms with Crippen LogP contribution in [-0.2, 0) is 17.6 Å². The van der Waals surface area contributed by atoms with E-state index in [-0.39, 0.29) is 5.91 Å². The Bertz CT molecular complexity index is 899. The lowest BCUT2D eigenvalue weighted by atomic mass is 9.97. The van der Waals surface area contributed by atoms with Gasteiger partial charge in [0.15, 0.2) is 11.5 Å². The second kappa shape index (κ2) is 7.61. The molecule has 0 unspecified atom stereocenters. The Morgan fingerprint density at radius 2 is 1.85 bits per heavy atom. The van der Waals surface area contributed by atoms with Gasteiger partial charge in [-0.1, -0.05) is 25.0 Å². The lowest BCUT2D eigenvalue weighted by Crippen LogP contribution is -2.46. The van der Waals surface area contributed by atoms with Crippen LogP contribution in [0.25, 0.3) is 0 Å². The van der Waals surface area contributed by atoms with Gasteiger partial charge in [-0.2, -0.15) is 5.26 Å². The van der Waals surface area contributed by atoms with E-state index in [1.807, 2.05) is 25.1 Å². The zero-order valence-corrected chi connectivity index (χ0v) is 16.1. The highest BCUT2D eigenvalue weighted by molar-refractivity contribution is 7.16. The van der Waals surface area contributed by atoms with Gasteiger partial charge in [0, 0.05) is 4.88 Å². The molecule has 0 bridgehead atoms. The Hall–Kier alpha value is -2.52. The van der Waals surface area contributed by atoms with E-state index in [1.54, 1.807) is 6.07 Å². The number of benzene rings is 1. The summed E-state index contributed by atoms with van der Waals surface area (Å²) in [5, 5.41) is 13.3. The van der Waals surface area contributed by atoms with Crippen LogP contribution in [0.1, 0.15) is 48.6 Å². The number of hydrogen-bond acceptors (Lipinski definition) is 5. The van der Waals surface area contributed by atoms with Crippen LogP contribution in [0.15, 0.2) is 24.3 Å². The lowest BCUT2D eigenvalue weighted by Gasteiger charge is -2.30. The highest BCUT2D eigenvalue weighted by atomic mass is 32.1. The first-order valence-electron chi connectivity index (χ1n) is 9.45. The third kappa shape index (κ3) is 3.52. The van der Waals surface area contributed by atoms with Crippen molar-refractivity contribution >= 4 is 22.2 Å². The largest absolute Gasteiger partial charge is 0.482 e. The zero-order valence-electron chi connectivity index (χ0n) is 15.3. The molecule has 1 N–H and O–H groups in total. The van der Waals surface area contributed by atoms with Crippen LogP contribution in [0.5, 0.6) is 11.5 Å². The summed E-state index contributed by atoms with van der Waals surface area (Å²) in [6.07, 6.45) is 5.40. The fourth-order valence-corrected chi connectivity index (χ4v) is 4.96. The van der Waals surface area contributed by atoms with Crippen LogP contribution in [0.4, 0.5) is 5.00 Å². The van der Waals surface area contributed by atoms with Crippen LogP contribution >= 0.6 is 11.3 Å². The number of nitrogens with one attached hydrogen (secondary N) is 1. The number of anilines is 1. The number of nitrogens with zero attached hydrogens (tertiary/aromatic N) is 1. The number of hydrogen-bond donors (Lipinski definition) is 1. The van der Waals surface area contributed by atoms with E-state index in [0.29, 0.717) is 22.1 Å². The van der Waals surface area contributed by atoms with Gasteiger partial charge in [-0.15, -0.1) is 11.3 Å². The van der Waals surface area contributed by atoms with Crippen molar-refractivity contribution in [2.75, 3.05) is 5.32 Å². The zero-order chi connectivity index (χ0) is 18.8. The van der Waals surface area contributed by atoms with Gasteiger partial charge in [-0.25, -0.2) is 0 Å². The number of aryl methyl sites for hydroxylation is 1. The van der Waals surface area contributed by atoms with E-state index < -0.39 is 12.2 Å². The first-order valence-corrected chi connectivity index (χ1v) is 10.3. The molecule has 4 rings (SSSR count). The first kappa shape index (κ1) is 17.9. The van der Waals surface area contributed by atoms with Crippen molar-refractivity contribution < 1.29 is 14.3 Å². The van der Waals surface area contributed by atoms with Crippen molar-refractivity contribution in [1.29, 1.82) is 5.26 Å². The normalized spacial score (nSPS) is 21.3. The summed E-state index contributed by atoms with van der Waals surface area (Å²) in [6.45, 7) is 1.82. The van der Waals surface area contributed by atoms with Crippen molar-refractivity contribution in [3.8, 4) is 17.6 Å². The Balaban J connectivity index is 1.56. The number of amides is 1. The number of carbonyl (C=O) groups is 1. The van der Waals surface area contributed by atoms with Crippen LogP contribution < -0.4 is 14.8 Å². The highest BCUT2D eigenvalue weighted by Crippen LogP contribution is 2.38. The van der Waals surface area contributed by atoms with E-state index in [2.05, 4.69) is 11.4 Å². The molecular formula is C21H22N2O3S. The van der Waals surface area contributed by atoms with E-state index in [0.717, 1.165) is 31.2 Å². The van der Waals surface area contributed by atoms with Gasteiger partial charge in [-0.05, 0) is 50.3 Å². The second-order valence-electron chi connectivity index (χ2n) is 7.03. The molecule has 6 heteroatoms. The standard InChI is InChI=1S/C21H22N2O3S/c1-13-19(26-17-10-7-6-9-16(17)25-13)20(24)23-21-15(12-22)14-8-4-2-3-5-11-18(14)27-21/h6-7,9-10,13,19H,2-5,8,11H2,1H3,(H,23,24)/t13-,19-/m0/s1. The fraction of sp³-hybridized carbons (Fsp3) is 0.429. The molecule has 5 nitrogen and oxygen atoms in total. The number of nitriles is 1. The molecule has 0 saturated heterocycles. The predicted octanol–water partition coefficient (Wildman–Crippen LogP) is 4.45. The highest BCUT2D eigenvalue weighted by Gasteiger charge is 2.35. The van der Waals surface area contributed by atoms with Gasteiger partial charge >= 0.3 is 0 Å². The minimum absolute atomic E-state index is 0.275. The summed E-state index contributed by atoms with van der Waals surface area (Å²) in [5.74, 6) is 0.934. The van der Waals surface area contributed by atoms with Crippen molar-refractivity contribution in [3.63, 3.8) is 0 Å². The van der Waals surface area contributed by atoms with Crippen LogP contribution in [-0.4, -0.2) is 18.1 Å². The topological polar surface area (TPSA) is 71.3 Å². The van der Waals surface area contributed by atoms with E-state index in [9.17, 15) is 10.1 Å². The average molecular weight is 382 g/mol. The summed E-state index contributed by atoms with van der Waals surface area (Å²) < 4.78 is 11.7. The lowest BCUT2D eigenvalue weighted by molar-refractivity contribution is -0.127. The SMILES string of the molecule is C[C@@H]1Oc2ccccc2O[C@@H]1C(=O)Nc1sc2c(c1C#N)CCCCCC2. The molecule has 1 amide bonds. The molecule has 1 aromatic heterocycles. The molecule has 2 aromatic rings. The molecule has 140 valence electrons. The number of fused-ring (bicyclic) bond motifs is 2. The molecule has 0 saturated carbocycles. The minimum atomic E-state index is -0.754. The molecule has 0 spiro atoms. The Kier molecular flexibility index (Phi) is 5.04. The van der Waals surface area contributed by atoms with Crippen molar-refractivity contribution in [2.24, 2.45) is 0 Å². The van der Waals surface area contributed by atoms with Crippen molar-refractivity contribution in [1.82, 2.24) is 0 Å². The number of ether oxygens (including phenoxy) is 2. The molecule has 2 atom stereocenters. The molecule has 1 aliphatic heterocycles. The second-order valence-corrected chi connectivity index (χ2v) is 8.14. The van der Waals surface area contributed by atoms with Crippen molar-refractivity contribution in [2.45, 2.75) is 57.7 Å². The minimum Gasteiger partial charge on any atom is -0.482 e. The molecule has 1 aliphatic carbocycles. The van der Waals surface area contributed by atoms with Crippen molar-refractivity contribution in [3.05, 3.63) is 40.3 Å². The van der Waals surface area contributed by atoms with Gasteiger partial charge in [0.2, 0.25) is 6.10 Å². The van der Waals surface area contributed by atoms with Gasteiger partial charge in [0.1, 0.15) is 17.2 Å². The quantitative estimate of drug-likeness (QED) is 0.833. The number of thiophene rings is 1. The molecule has 2 heterocycles. The summed E-state index contributed by atoms with van der Waals surface area (Å²) in [5.41, 5.74) is 1.74. The van der Waals surface area contributed by atoms with Crippen LogP contribution in [0.2, 0.25) is 0 Å². The van der Waals surface area contributed by atoms with Crippen LogP contribution in [0, 0.1) is 11.3 Å². The summed E-state index contributed by atoms with van der Waals surface area (Å²) in [6, 6.07) is 9.65. The third-order valence-corrected chi connectivity index (χ3v) is 6.33. The fourth-order valence-electron chi connectivity index (χ4n) is 3.72. The predicted molar refractivity (Wildman–Crippen MR) is 104 cm³/mol. The maximum absolute atomic E-state index is 12.9. The average Bonchev–Trinajstić information content (AvgIpc) is 2.96.